The van der Waals surface area contributed by atoms with Gasteiger partial charge in [-0.1, -0.05) is 50.2 Å². The fourth-order valence-corrected chi connectivity index (χ4v) is 4.27. The Morgan fingerprint density at radius 2 is 1.79 bits per heavy atom. The summed E-state index contributed by atoms with van der Waals surface area (Å²) < 4.78 is 14.7. The van der Waals surface area contributed by atoms with Crippen molar-refractivity contribution >= 4 is 5.82 Å². The zero-order valence-electron chi connectivity index (χ0n) is 18.8. The number of alkyl halides is 1. The summed E-state index contributed by atoms with van der Waals surface area (Å²) in [5, 5.41) is 3.43. The first-order chi connectivity index (χ1) is 16.1. The van der Waals surface area contributed by atoms with E-state index < -0.39 is 6.17 Å². The monoisotopic (exact) mass is 439 g/mol. The van der Waals surface area contributed by atoms with Crippen LogP contribution in [0.5, 0.6) is 0 Å². The van der Waals surface area contributed by atoms with Crippen molar-refractivity contribution in [2.75, 3.05) is 5.32 Å². The second-order valence-electron chi connectivity index (χ2n) is 8.63. The van der Waals surface area contributed by atoms with Gasteiger partial charge in [-0.2, -0.15) is 0 Å². The SMILES string of the molecule is CC(C)c1ccccc1-c1nc(NCc2ccc(-c3ccccn3)nc2)c2c(n1)C(F)CC2. The molecule has 0 fully saturated rings. The molecule has 4 aromatic rings. The minimum Gasteiger partial charge on any atom is -0.366 e. The third-order valence-electron chi connectivity index (χ3n) is 6.02. The van der Waals surface area contributed by atoms with Crippen LogP contribution in [-0.2, 0) is 13.0 Å². The number of benzene rings is 1. The van der Waals surface area contributed by atoms with Crippen LogP contribution in [0, 0.1) is 0 Å². The number of hydrogen-bond acceptors (Lipinski definition) is 5. The van der Waals surface area contributed by atoms with E-state index >= 15 is 0 Å². The number of aromatic nitrogens is 4. The summed E-state index contributed by atoms with van der Waals surface area (Å²) in [4.78, 5) is 18.4. The molecule has 6 heteroatoms. The molecule has 1 aliphatic rings. The predicted octanol–water partition coefficient (Wildman–Crippen LogP) is 6.29. The zero-order chi connectivity index (χ0) is 22.8. The van der Waals surface area contributed by atoms with Crippen molar-refractivity contribution in [3.63, 3.8) is 0 Å². The molecule has 166 valence electrons. The van der Waals surface area contributed by atoms with Gasteiger partial charge in [0.25, 0.3) is 0 Å². The van der Waals surface area contributed by atoms with Crippen LogP contribution in [0.1, 0.15) is 54.7 Å². The van der Waals surface area contributed by atoms with Crippen LogP contribution < -0.4 is 5.32 Å². The van der Waals surface area contributed by atoms with Crippen LogP contribution in [0.15, 0.2) is 67.0 Å². The number of halogens is 1. The van der Waals surface area contributed by atoms with E-state index in [1.807, 2.05) is 54.7 Å². The van der Waals surface area contributed by atoms with Gasteiger partial charge in [0.15, 0.2) is 5.82 Å². The Labute approximate surface area is 193 Å². The van der Waals surface area contributed by atoms with E-state index in [0.29, 0.717) is 42.6 Å². The lowest BCUT2D eigenvalue weighted by Crippen LogP contribution is -2.09. The van der Waals surface area contributed by atoms with Crippen LogP contribution in [0.2, 0.25) is 0 Å². The first kappa shape index (κ1) is 21.2. The van der Waals surface area contributed by atoms with Gasteiger partial charge in [-0.3, -0.25) is 9.97 Å². The standard InChI is InChI=1S/C27H26FN5/c1-17(2)19-7-3-4-8-20(19)27-32-25-21(11-12-22(25)28)26(33-27)31-16-18-10-13-24(30-15-18)23-9-5-6-14-29-23/h3-10,13-15,17,22H,11-12,16H2,1-2H3,(H,31,32,33). The van der Waals surface area contributed by atoms with E-state index in [1.165, 1.54) is 0 Å². The van der Waals surface area contributed by atoms with Crippen molar-refractivity contribution in [3.8, 4) is 22.8 Å². The summed E-state index contributed by atoms with van der Waals surface area (Å²) in [6.45, 7) is 4.83. The Morgan fingerprint density at radius 1 is 0.970 bits per heavy atom. The number of hydrogen-bond donors (Lipinski definition) is 1. The number of fused-ring (bicyclic) bond motifs is 1. The highest BCUT2D eigenvalue weighted by Gasteiger charge is 2.28. The molecule has 1 aromatic carbocycles. The molecule has 1 aliphatic carbocycles. The minimum absolute atomic E-state index is 0.319. The van der Waals surface area contributed by atoms with Crippen LogP contribution in [-0.4, -0.2) is 19.9 Å². The van der Waals surface area contributed by atoms with Crippen LogP contribution in [0.3, 0.4) is 0 Å². The van der Waals surface area contributed by atoms with E-state index in [-0.39, 0.29) is 0 Å². The summed E-state index contributed by atoms with van der Waals surface area (Å²) in [6.07, 6.45) is 3.64. The van der Waals surface area contributed by atoms with Crippen molar-refractivity contribution < 1.29 is 4.39 Å². The summed E-state index contributed by atoms with van der Waals surface area (Å²) in [6, 6.07) is 17.9. The van der Waals surface area contributed by atoms with Crippen LogP contribution in [0.4, 0.5) is 10.2 Å². The lowest BCUT2D eigenvalue weighted by Gasteiger charge is -2.16. The third-order valence-corrected chi connectivity index (χ3v) is 6.02. The Hall–Kier alpha value is -3.67. The molecule has 0 saturated heterocycles. The molecule has 5 nitrogen and oxygen atoms in total. The molecule has 1 unspecified atom stereocenters. The molecular formula is C27H26FN5. The Bertz CT molecular complexity index is 1260. The second kappa shape index (κ2) is 9.06. The molecular weight excluding hydrogens is 413 g/mol. The van der Waals surface area contributed by atoms with Gasteiger partial charge in [0.2, 0.25) is 0 Å². The first-order valence-electron chi connectivity index (χ1n) is 11.3. The molecule has 33 heavy (non-hydrogen) atoms. The summed E-state index contributed by atoms with van der Waals surface area (Å²) >= 11 is 0. The molecule has 1 atom stereocenters. The molecule has 0 amide bonds. The Morgan fingerprint density at radius 3 is 2.55 bits per heavy atom. The summed E-state index contributed by atoms with van der Waals surface area (Å²) in [5.74, 6) is 1.61. The van der Waals surface area contributed by atoms with Gasteiger partial charge in [-0.05, 0) is 48.1 Å². The highest BCUT2D eigenvalue weighted by molar-refractivity contribution is 5.65. The highest BCUT2D eigenvalue weighted by Crippen LogP contribution is 2.38. The summed E-state index contributed by atoms with van der Waals surface area (Å²) in [7, 11) is 0. The van der Waals surface area contributed by atoms with Crippen molar-refractivity contribution in [1.29, 1.82) is 0 Å². The van der Waals surface area contributed by atoms with E-state index in [2.05, 4.69) is 40.2 Å². The van der Waals surface area contributed by atoms with Gasteiger partial charge >= 0.3 is 0 Å². The van der Waals surface area contributed by atoms with Gasteiger partial charge in [0.1, 0.15) is 12.0 Å². The fraction of sp³-hybridized carbons (Fsp3) is 0.259. The molecule has 0 aliphatic heterocycles. The van der Waals surface area contributed by atoms with E-state index in [4.69, 9.17) is 4.98 Å². The van der Waals surface area contributed by atoms with Gasteiger partial charge in [-0.25, -0.2) is 14.4 Å². The predicted molar refractivity (Wildman–Crippen MR) is 129 cm³/mol. The molecule has 1 N–H and O–H groups in total. The number of nitrogens with zero attached hydrogens (tertiary/aromatic N) is 4. The number of pyridine rings is 2. The van der Waals surface area contributed by atoms with Gasteiger partial charge in [0.05, 0.1) is 17.1 Å². The molecule has 3 aromatic heterocycles. The maximum absolute atomic E-state index is 14.7. The molecule has 5 rings (SSSR count). The number of anilines is 1. The molecule has 0 radical (unpaired) electrons. The topological polar surface area (TPSA) is 63.6 Å². The lowest BCUT2D eigenvalue weighted by atomic mass is 9.96. The Balaban J connectivity index is 1.43. The van der Waals surface area contributed by atoms with Gasteiger partial charge < -0.3 is 5.32 Å². The van der Waals surface area contributed by atoms with Crippen molar-refractivity contribution in [3.05, 3.63) is 89.4 Å². The molecule has 0 bridgehead atoms. The van der Waals surface area contributed by atoms with Gasteiger partial charge in [-0.15, -0.1) is 0 Å². The molecule has 0 spiro atoms. The van der Waals surface area contributed by atoms with Crippen molar-refractivity contribution in [1.82, 2.24) is 19.9 Å². The fourth-order valence-electron chi connectivity index (χ4n) is 4.27. The maximum atomic E-state index is 14.7. The van der Waals surface area contributed by atoms with Crippen LogP contribution >= 0.6 is 0 Å². The number of nitrogens with one attached hydrogen (secondary N) is 1. The smallest absolute Gasteiger partial charge is 0.162 e. The lowest BCUT2D eigenvalue weighted by molar-refractivity contribution is 0.337. The van der Waals surface area contributed by atoms with Crippen molar-refractivity contribution in [2.24, 2.45) is 0 Å². The van der Waals surface area contributed by atoms with E-state index in [1.54, 1.807) is 6.20 Å². The average Bonchev–Trinajstić information content (AvgIpc) is 3.24. The minimum atomic E-state index is -1.05. The van der Waals surface area contributed by atoms with Gasteiger partial charge in [0, 0.05) is 30.1 Å². The molecule has 3 heterocycles. The largest absolute Gasteiger partial charge is 0.366 e. The maximum Gasteiger partial charge on any atom is 0.162 e. The van der Waals surface area contributed by atoms with E-state index in [9.17, 15) is 4.39 Å². The van der Waals surface area contributed by atoms with Crippen LogP contribution in [0.25, 0.3) is 22.8 Å². The normalized spacial score (nSPS) is 15.0. The number of rotatable bonds is 6. The highest BCUT2D eigenvalue weighted by atomic mass is 19.1. The first-order valence-corrected chi connectivity index (χ1v) is 11.3. The van der Waals surface area contributed by atoms with Crippen molar-refractivity contribution in [2.45, 2.75) is 45.3 Å². The summed E-state index contributed by atoms with van der Waals surface area (Å²) in [5.41, 5.74) is 6.20. The average molecular weight is 440 g/mol. The third kappa shape index (κ3) is 4.33. The van der Waals surface area contributed by atoms with E-state index in [0.717, 1.165) is 33.6 Å². The molecule has 0 saturated carbocycles. The quantitative estimate of drug-likeness (QED) is 0.382. The second-order valence-corrected chi connectivity index (χ2v) is 8.63. The zero-order valence-corrected chi connectivity index (χ0v) is 18.8. The Kier molecular flexibility index (Phi) is 5.82.